The van der Waals surface area contributed by atoms with E-state index in [2.05, 4.69) is 5.32 Å². The van der Waals surface area contributed by atoms with E-state index in [1.807, 2.05) is 0 Å². The van der Waals surface area contributed by atoms with Crippen LogP contribution in [0.1, 0.15) is 24.0 Å². The molecule has 1 atom stereocenters. The largest absolute Gasteiger partial charge is 0.416 e. The maximum Gasteiger partial charge on any atom is 0.416 e. The van der Waals surface area contributed by atoms with Crippen LogP contribution < -0.4 is 5.32 Å². The zero-order valence-corrected chi connectivity index (χ0v) is 12.2. The molecule has 1 aliphatic heterocycles. The standard InChI is InChI=1S/C16H15F3N2O2/c17-16(18,19)13-4-1-3-11(8-13)7-12(9-20)15(22)21-10-14-5-2-6-23-14/h1,3-4,7-8,14H,2,5-6,10H2,(H,21,22)/b12-7-/t14-/m0/s1. The Bertz CT molecular complexity index is 641. The number of nitrogens with zero attached hydrogens (tertiary/aromatic N) is 1. The van der Waals surface area contributed by atoms with Gasteiger partial charge in [0.1, 0.15) is 11.6 Å². The van der Waals surface area contributed by atoms with Crippen molar-refractivity contribution >= 4 is 12.0 Å². The van der Waals surface area contributed by atoms with E-state index in [0.717, 1.165) is 31.1 Å². The Labute approximate surface area is 131 Å². The number of rotatable bonds is 4. The van der Waals surface area contributed by atoms with Crippen LogP contribution in [0.15, 0.2) is 29.8 Å². The van der Waals surface area contributed by atoms with Gasteiger partial charge in [-0.2, -0.15) is 18.4 Å². The van der Waals surface area contributed by atoms with Gasteiger partial charge in [-0.1, -0.05) is 12.1 Å². The minimum absolute atomic E-state index is 0.0764. The summed E-state index contributed by atoms with van der Waals surface area (Å²) in [7, 11) is 0. The first-order valence-electron chi connectivity index (χ1n) is 7.09. The van der Waals surface area contributed by atoms with Crippen molar-refractivity contribution in [2.24, 2.45) is 0 Å². The van der Waals surface area contributed by atoms with E-state index in [4.69, 9.17) is 10.00 Å². The Kier molecular flexibility index (Phi) is 5.40. The van der Waals surface area contributed by atoms with Gasteiger partial charge >= 0.3 is 6.18 Å². The number of benzene rings is 1. The van der Waals surface area contributed by atoms with Crippen molar-refractivity contribution in [3.8, 4) is 6.07 Å². The van der Waals surface area contributed by atoms with Crippen molar-refractivity contribution in [2.45, 2.75) is 25.1 Å². The Hall–Kier alpha value is -2.33. The number of nitriles is 1. The predicted octanol–water partition coefficient (Wildman–Crippen LogP) is 2.91. The fourth-order valence-electron chi connectivity index (χ4n) is 2.23. The summed E-state index contributed by atoms with van der Waals surface area (Å²) in [5.74, 6) is -0.625. The smallest absolute Gasteiger partial charge is 0.376 e. The first-order valence-corrected chi connectivity index (χ1v) is 7.09. The molecule has 1 aromatic rings. The molecule has 1 saturated heterocycles. The van der Waals surface area contributed by atoms with Gasteiger partial charge in [0.05, 0.1) is 11.7 Å². The summed E-state index contributed by atoms with van der Waals surface area (Å²) >= 11 is 0. The molecule has 1 aliphatic rings. The number of alkyl halides is 3. The summed E-state index contributed by atoms with van der Waals surface area (Å²) in [6.07, 6.45) is -1.66. The fourth-order valence-corrected chi connectivity index (χ4v) is 2.23. The SMILES string of the molecule is N#C/C(=C/c1cccc(C(F)(F)F)c1)C(=O)NC[C@@H]1CCCO1. The third kappa shape index (κ3) is 4.83. The topological polar surface area (TPSA) is 62.1 Å². The van der Waals surface area contributed by atoms with Crippen LogP contribution in [0, 0.1) is 11.3 Å². The lowest BCUT2D eigenvalue weighted by Crippen LogP contribution is -2.32. The molecule has 23 heavy (non-hydrogen) atoms. The van der Waals surface area contributed by atoms with Gasteiger partial charge < -0.3 is 10.1 Å². The second-order valence-corrected chi connectivity index (χ2v) is 5.14. The molecule has 0 aromatic heterocycles. The van der Waals surface area contributed by atoms with Gasteiger partial charge in [0.2, 0.25) is 0 Å². The van der Waals surface area contributed by atoms with Crippen LogP contribution in [0.25, 0.3) is 6.08 Å². The molecule has 122 valence electrons. The van der Waals surface area contributed by atoms with Crippen LogP contribution in [0.5, 0.6) is 0 Å². The Morgan fingerprint density at radius 1 is 1.48 bits per heavy atom. The molecule has 0 bridgehead atoms. The van der Waals surface area contributed by atoms with Crippen LogP contribution in [0.4, 0.5) is 13.2 Å². The van der Waals surface area contributed by atoms with Gasteiger partial charge in [0.25, 0.3) is 5.91 Å². The Morgan fingerprint density at radius 3 is 2.87 bits per heavy atom. The minimum Gasteiger partial charge on any atom is -0.376 e. The Morgan fingerprint density at radius 2 is 2.26 bits per heavy atom. The van der Waals surface area contributed by atoms with E-state index < -0.39 is 17.6 Å². The summed E-state index contributed by atoms with van der Waals surface area (Å²) in [6.45, 7) is 0.923. The second-order valence-electron chi connectivity index (χ2n) is 5.14. The summed E-state index contributed by atoms with van der Waals surface area (Å²) in [5, 5.41) is 11.6. The lowest BCUT2D eigenvalue weighted by molar-refractivity contribution is -0.137. The molecule has 4 nitrogen and oxygen atoms in total. The van der Waals surface area contributed by atoms with E-state index in [9.17, 15) is 18.0 Å². The zero-order valence-electron chi connectivity index (χ0n) is 12.2. The van der Waals surface area contributed by atoms with Crippen molar-refractivity contribution in [3.63, 3.8) is 0 Å². The third-order valence-electron chi connectivity index (χ3n) is 3.40. The fraction of sp³-hybridized carbons (Fsp3) is 0.375. The van der Waals surface area contributed by atoms with Crippen LogP contribution in [-0.2, 0) is 15.7 Å². The van der Waals surface area contributed by atoms with E-state index in [0.29, 0.717) is 6.61 Å². The number of carbonyl (C=O) groups is 1. The molecule has 2 rings (SSSR count). The number of hydrogen-bond acceptors (Lipinski definition) is 3. The molecule has 7 heteroatoms. The highest BCUT2D eigenvalue weighted by molar-refractivity contribution is 6.01. The molecule has 0 unspecified atom stereocenters. The molecule has 1 amide bonds. The van der Waals surface area contributed by atoms with Gasteiger partial charge in [0, 0.05) is 13.2 Å². The summed E-state index contributed by atoms with van der Waals surface area (Å²) in [4.78, 5) is 11.9. The molecule has 1 heterocycles. The maximum absolute atomic E-state index is 12.7. The average Bonchev–Trinajstić information content (AvgIpc) is 3.03. The molecule has 0 radical (unpaired) electrons. The number of hydrogen-bond donors (Lipinski definition) is 1. The lowest BCUT2D eigenvalue weighted by Gasteiger charge is -2.10. The second kappa shape index (κ2) is 7.29. The lowest BCUT2D eigenvalue weighted by atomic mass is 10.1. The summed E-state index contributed by atoms with van der Waals surface area (Å²) in [5.41, 5.74) is -0.936. The van der Waals surface area contributed by atoms with Crippen LogP contribution in [0.2, 0.25) is 0 Å². The highest BCUT2D eigenvalue weighted by Gasteiger charge is 2.30. The number of halogens is 3. The quantitative estimate of drug-likeness (QED) is 0.684. The number of nitrogens with one attached hydrogen (secondary N) is 1. The predicted molar refractivity (Wildman–Crippen MR) is 77.0 cm³/mol. The van der Waals surface area contributed by atoms with E-state index >= 15 is 0 Å². The number of carbonyl (C=O) groups excluding carboxylic acids is 1. The number of amides is 1. The third-order valence-corrected chi connectivity index (χ3v) is 3.40. The summed E-state index contributed by atoms with van der Waals surface area (Å²) in [6, 6.07) is 6.17. The van der Waals surface area contributed by atoms with Gasteiger partial charge in [-0.15, -0.1) is 0 Å². The van der Waals surface area contributed by atoms with E-state index in [-0.39, 0.29) is 23.8 Å². The monoisotopic (exact) mass is 324 g/mol. The molecule has 0 spiro atoms. The minimum atomic E-state index is -4.47. The molecule has 1 aromatic carbocycles. The normalized spacial score (nSPS) is 18.5. The van der Waals surface area contributed by atoms with Crippen LogP contribution >= 0.6 is 0 Å². The number of ether oxygens (including phenoxy) is 1. The van der Waals surface area contributed by atoms with Gasteiger partial charge in [-0.25, -0.2) is 0 Å². The van der Waals surface area contributed by atoms with Crippen molar-refractivity contribution < 1.29 is 22.7 Å². The highest BCUT2D eigenvalue weighted by atomic mass is 19.4. The van der Waals surface area contributed by atoms with Gasteiger partial charge in [0.15, 0.2) is 0 Å². The van der Waals surface area contributed by atoms with E-state index in [1.165, 1.54) is 12.1 Å². The maximum atomic E-state index is 12.7. The molecule has 0 saturated carbocycles. The van der Waals surface area contributed by atoms with E-state index in [1.54, 1.807) is 6.07 Å². The van der Waals surface area contributed by atoms with Gasteiger partial charge in [-0.05, 0) is 36.6 Å². The molecular formula is C16H15F3N2O2. The van der Waals surface area contributed by atoms with Crippen LogP contribution in [0.3, 0.4) is 0 Å². The highest BCUT2D eigenvalue weighted by Crippen LogP contribution is 2.29. The van der Waals surface area contributed by atoms with Crippen molar-refractivity contribution in [3.05, 3.63) is 41.0 Å². The van der Waals surface area contributed by atoms with Gasteiger partial charge in [-0.3, -0.25) is 4.79 Å². The van der Waals surface area contributed by atoms with Crippen LogP contribution in [-0.4, -0.2) is 25.2 Å². The first kappa shape index (κ1) is 17.0. The average molecular weight is 324 g/mol. The van der Waals surface area contributed by atoms with Crippen molar-refractivity contribution in [1.29, 1.82) is 5.26 Å². The molecule has 0 aliphatic carbocycles. The Balaban J connectivity index is 2.08. The summed E-state index contributed by atoms with van der Waals surface area (Å²) < 4.78 is 43.3. The zero-order chi connectivity index (χ0) is 16.9. The molecule has 1 N–H and O–H groups in total. The molecule has 1 fully saturated rings. The first-order chi connectivity index (χ1) is 10.9. The molecular weight excluding hydrogens is 309 g/mol. The van der Waals surface area contributed by atoms with Crippen molar-refractivity contribution in [1.82, 2.24) is 5.32 Å². The van der Waals surface area contributed by atoms with Crippen molar-refractivity contribution in [2.75, 3.05) is 13.2 Å².